The molecular formula is C47H25BF25NO3. The molecule has 414 valence electrons. The fraction of sp³-hybridized carbons (Fsp3) is 0.213. The van der Waals surface area contributed by atoms with E-state index in [2.05, 4.69) is 4.74 Å². The van der Waals surface area contributed by atoms with E-state index in [1.54, 1.807) is 42.6 Å². The van der Waals surface area contributed by atoms with Crippen molar-refractivity contribution in [2.24, 2.45) is 0 Å². The standard InChI is InChI=1S/C32H12BF24.C15H13FNO3/c34-25(35,36)13-1-14(26(37,38)39)6-21(5-13)33(22-7-15(27(40,41)42)2-16(8-22)28(43,44)45,23-9-17(29(46,47)48)3-18(10-23)30(49,50)51)24-11-19(31(52,53)54)4-20(12-24)32(55,56)57;16-11-20-15(19)13-8-4-5-9-17(13)10-14(18)12-6-2-1-3-7-12/h1-12H;1-9H,10-11H2/q-1;+1. The highest BCUT2D eigenvalue weighted by atomic mass is 19.4. The van der Waals surface area contributed by atoms with Gasteiger partial charge in [0.25, 0.3) is 5.69 Å². The highest BCUT2D eigenvalue weighted by Gasteiger charge is 2.47. The van der Waals surface area contributed by atoms with Crippen molar-refractivity contribution in [1.29, 1.82) is 0 Å². The lowest BCUT2D eigenvalue weighted by Gasteiger charge is -2.46. The van der Waals surface area contributed by atoms with E-state index in [-0.39, 0.29) is 18.0 Å². The van der Waals surface area contributed by atoms with Gasteiger partial charge >= 0.3 is 55.4 Å². The molecule has 0 saturated heterocycles. The summed E-state index contributed by atoms with van der Waals surface area (Å²) in [5.41, 5.74) is -29.5. The van der Waals surface area contributed by atoms with Crippen molar-refractivity contribution in [3.8, 4) is 0 Å². The number of hydrogen-bond acceptors (Lipinski definition) is 3. The summed E-state index contributed by atoms with van der Waals surface area (Å²) in [4.78, 5) is 23.7. The van der Waals surface area contributed by atoms with E-state index in [0.717, 1.165) is 0 Å². The van der Waals surface area contributed by atoms with Crippen LogP contribution in [0.3, 0.4) is 0 Å². The largest absolute Gasteiger partial charge is 0.426 e. The average molecular weight is 1140 g/mol. The normalized spacial score (nSPS) is 13.2. The van der Waals surface area contributed by atoms with E-state index >= 15 is 0 Å². The molecule has 0 atom stereocenters. The Bertz CT molecular complexity index is 2670. The van der Waals surface area contributed by atoms with Crippen LogP contribution in [0.25, 0.3) is 0 Å². The SMILES string of the molecule is FC(F)(F)c1cc([B-](c2cc(C(F)(F)F)cc(C(F)(F)F)c2)(c2cc(C(F)(F)F)cc(C(F)(F)F)c2)c2cc(C(F)(F)F)cc(C(F)(F)F)c2)cc(C(F)(F)F)c1.O=C(C[n+]1ccccc1C(=O)OCF)c1ccccc1. The molecule has 0 bridgehead atoms. The maximum Gasteiger partial charge on any atom is 0.416 e. The zero-order valence-corrected chi connectivity index (χ0v) is 37.2. The van der Waals surface area contributed by atoms with Gasteiger partial charge in [-0.3, -0.25) is 4.79 Å². The smallest absolute Gasteiger partial charge is 0.416 e. The Kier molecular flexibility index (Phi) is 16.7. The Balaban J connectivity index is 0.000000455. The van der Waals surface area contributed by atoms with Gasteiger partial charge in [-0.25, -0.2) is 9.18 Å². The predicted octanol–water partition coefficient (Wildman–Crippen LogP) is 13.2. The third-order valence-corrected chi connectivity index (χ3v) is 11.2. The lowest BCUT2D eigenvalue weighted by molar-refractivity contribution is -0.685. The van der Waals surface area contributed by atoms with E-state index < -0.39 is 208 Å². The van der Waals surface area contributed by atoms with Gasteiger partial charge in [-0.05, 0) is 30.3 Å². The predicted molar refractivity (Wildman–Crippen MR) is 219 cm³/mol. The van der Waals surface area contributed by atoms with Gasteiger partial charge in [0.2, 0.25) is 19.2 Å². The number of Topliss-reactive ketones (excluding diaryl/α,β-unsaturated/α-hetero) is 1. The molecule has 0 amide bonds. The first-order valence-electron chi connectivity index (χ1n) is 20.6. The van der Waals surface area contributed by atoms with Gasteiger partial charge < -0.3 is 4.74 Å². The molecule has 4 nitrogen and oxygen atoms in total. The van der Waals surface area contributed by atoms with Crippen LogP contribution in [0.4, 0.5) is 110 Å². The number of alkyl halides is 25. The van der Waals surface area contributed by atoms with Crippen LogP contribution >= 0.6 is 0 Å². The summed E-state index contributed by atoms with van der Waals surface area (Å²) in [7, 11) is 0. The summed E-state index contributed by atoms with van der Waals surface area (Å²) in [6.07, 6.45) is -53.2. The molecule has 1 aromatic heterocycles. The van der Waals surface area contributed by atoms with Crippen molar-refractivity contribution >= 4 is 39.7 Å². The third kappa shape index (κ3) is 14.2. The van der Waals surface area contributed by atoms with E-state index in [1.807, 2.05) is 6.07 Å². The van der Waals surface area contributed by atoms with Gasteiger partial charge in [0.15, 0.2) is 6.20 Å². The number of nitrogens with zero attached hydrogens (tertiary/aromatic N) is 1. The molecule has 30 heteroatoms. The topological polar surface area (TPSA) is 47.2 Å². The van der Waals surface area contributed by atoms with Crippen LogP contribution in [-0.4, -0.2) is 24.8 Å². The Morgan fingerprint density at radius 3 is 0.883 bits per heavy atom. The van der Waals surface area contributed by atoms with E-state index in [4.69, 9.17) is 0 Å². The summed E-state index contributed by atoms with van der Waals surface area (Å²) >= 11 is 0. The van der Waals surface area contributed by atoms with E-state index in [9.17, 15) is 119 Å². The zero-order valence-electron chi connectivity index (χ0n) is 37.2. The van der Waals surface area contributed by atoms with Gasteiger partial charge in [-0.2, -0.15) is 132 Å². The Labute approximate surface area is 414 Å². The summed E-state index contributed by atoms with van der Waals surface area (Å²) in [5.74, 6) is -0.940. The van der Waals surface area contributed by atoms with Crippen molar-refractivity contribution in [2.75, 3.05) is 6.86 Å². The number of halogens is 25. The van der Waals surface area contributed by atoms with Crippen molar-refractivity contribution in [1.82, 2.24) is 0 Å². The number of pyridine rings is 1. The maximum absolute atomic E-state index is 14.2. The van der Waals surface area contributed by atoms with Crippen LogP contribution in [0.5, 0.6) is 0 Å². The number of carbonyl (C=O) groups excluding carboxylic acids is 2. The van der Waals surface area contributed by atoms with Gasteiger partial charge in [-0.15, -0.1) is 0 Å². The van der Waals surface area contributed by atoms with Crippen LogP contribution in [0.1, 0.15) is 65.4 Å². The summed E-state index contributed by atoms with van der Waals surface area (Å²) < 4.78 is 359. The first-order valence-corrected chi connectivity index (χ1v) is 20.6. The molecule has 6 rings (SSSR count). The second-order valence-corrected chi connectivity index (χ2v) is 16.3. The van der Waals surface area contributed by atoms with Crippen molar-refractivity contribution in [3.63, 3.8) is 0 Å². The number of carbonyl (C=O) groups is 2. The third-order valence-electron chi connectivity index (χ3n) is 11.2. The molecular weight excluding hydrogens is 1110 g/mol. The molecule has 0 aliphatic carbocycles. The molecule has 6 aromatic rings. The number of ether oxygens (including phenoxy) is 1. The molecule has 0 aliphatic rings. The quantitative estimate of drug-likeness (QED) is 0.0477. The molecule has 0 aliphatic heterocycles. The van der Waals surface area contributed by atoms with Crippen LogP contribution < -0.4 is 26.4 Å². The second-order valence-electron chi connectivity index (χ2n) is 16.3. The number of rotatable bonds is 9. The second kappa shape index (κ2) is 21.3. The molecule has 0 saturated carbocycles. The van der Waals surface area contributed by atoms with Gasteiger partial charge in [0.05, 0.1) is 44.5 Å². The Morgan fingerprint density at radius 1 is 0.377 bits per heavy atom. The molecule has 0 fully saturated rings. The first-order chi connectivity index (χ1) is 35.0. The van der Waals surface area contributed by atoms with Crippen LogP contribution in [0.15, 0.2) is 128 Å². The number of aromatic nitrogens is 1. The van der Waals surface area contributed by atoms with Gasteiger partial charge in [0, 0.05) is 17.7 Å². The number of hydrogen-bond donors (Lipinski definition) is 0. The number of benzene rings is 5. The minimum atomic E-state index is -6.13. The molecule has 77 heavy (non-hydrogen) atoms. The lowest BCUT2D eigenvalue weighted by Crippen LogP contribution is -2.75. The average Bonchev–Trinajstić information content (AvgIpc) is 3.30. The monoisotopic (exact) mass is 1140 g/mol. The summed E-state index contributed by atoms with van der Waals surface area (Å²) in [6, 6.07) is 4.73. The molecule has 0 radical (unpaired) electrons. The Hall–Kier alpha value is -7.30. The highest BCUT2D eigenvalue weighted by molar-refractivity contribution is 7.20. The zero-order chi connectivity index (χ0) is 58.3. The van der Waals surface area contributed by atoms with Crippen LogP contribution in [0.2, 0.25) is 0 Å². The van der Waals surface area contributed by atoms with Crippen molar-refractivity contribution in [2.45, 2.75) is 56.0 Å². The lowest BCUT2D eigenvalue weighted by atomic mass is 9.12. The molecule has 0 N–H and O–H groups in total. The van der Waals surface area contributed by atoms with Crippen LogP contribution in [0, 0.1) is 0 Å². The highest BCUT2D eigenvalue weighted by Crippen LogP contribution is 2.41. The molecule has 0 spiro atoms. The minimum Gasteiger partial charge on any atom is -0.426 e. The Morgan fingerprint density at radius 2 is 0.636 bits per heavy atom. The number of ketones is 1. The van der Waals surface area contributed by atoms with Crippen molar-refractivity contribution < 1.29 is 129 Å². The van der Waals surface area contributed by atoms with E-state index in [1.165, 1.54) is 10.6 Å². The number of esters is 1. The fourth-order valence-corrected chi connectivity index (χ4v) is 7.86. The fourth-order valence-electron chi connectivity index (χ4n) is 7.86. The van der Waals surface area contributed by atoms with Crippen LogP contribution in [-0.2, 0) is 60.7 Å². The van der Waals surface area contributed by atoms with E-state index in [0.29, 0.717) is 5.56 Å². The molecule has 0 unspecified atom stereocenters. The minimum absolute atomic E-state index is 0.0123. The van der Waals surface area contributed by atoms with Gasteiger partial charge in [0.1, 0.15) is 6.15 Å². The summed E-state index contributed by atoms with van der Waals surface area (Å²) in [6.45, 7) is -1.21. The van der Waals surface area contributed by atoms with Gasteiger partial charge in [-0.1, -0.05) is 78.9 Å². The molecule has 1 heterocycles. The molecule has 5 aromatic carbocycles. The maximum atomic E-state index is 14.2. The van der Waals surface area contributed by atoms with Crippen molar-refractivity contribution in [3.05, 3.63) is 183 Å². The first kappa shape index (κ1) is 60.6. The summed E-state index contributed by atoms with van der Waals surface area (Å²) in [5, 5.41) is 0.